The van der Waals surface area contributed by atoms with Gasteiger partial charge in [-0.05, 0) is 24.5 Å². The van der Waals surface area contributed by atoms with Crippen LogP contribution in [0.1, 0.15) is 35.7 Å². The predicted molar refractivity (Wildman–Crippen MR) is 94.3 cm³/mol. The minimum Gasteiger partial charge on any atom is -0.337 e. The Morgan fingerprint density at radius 2 is 1.78 bits per heavy atom. The molecule has 0 unspecified atom stereocenters. The van der Waals surface area contributed by atoms with Gasteiger partial charge in [0.05, 0.1) is 0 Å². The molecule has 5 nitrogen and oxygen atoms in total. The maximum absolute atomic E-state index is 14.6. The van der Waals surface area contributed by atoms with E-state index in [1.807, 2.05) is 24.3 Å². The molecule has 1 aliphatic heterocycles. The smallest absolute Gasteiger partial charge is 0.335 e. The van der Waals surface area contributed by atoms with Crippen molar-refractivity contribution in [1.82, 2.24) is 10.1 Å². The molecule has 3 aromatic rings. The number of benzene rings is 2. The first kappa shape index (κ1) is 17.3. The second-order valence-corrected chi connectivity index (χ2v) is 6.41. The molecule has 0 bridgehead atoms. The number of aryl methyl sites for hydroxylation is 1. The molecule has 0 radical (unpaired) electrons. The first-order valence-corrected chi connectivity index (χ1v) is 8.70. The van der Waals surface area contributed by atoms with Gasteiger partial charge in [0.2, 0.25) is 17.6 Å². The van der Waals surface area contributed by atoms with Crippen molar-refractivity contribution < 1.29 is 18.1 Å². The molecular formula is C20H17F2N3O2. The normalized spacial score (nSPS) is 14.7. The summed E-state index contributed by atoms with van der Waals surface area (Å²) in [6.07, 6.45) is 1.92. The SMILES string of the molecule is O=C1CCCc2ccccc2N1Cc1nc(C(F)(F)c2ccccc2)no1. The summed E-state index contributed by atoms with van der Waals surface area (Å²) in [5.74, 6) is -4.19. The predicted octanol–water partition coefficient (Wildman–Crippen LogP) is 4.08. The summed E-state index contributed by atoms with van der Waals surface area (Å²) in [5.41, 5.74) is 1.58. The lowest BCUT2D eigenvalue weighted by Gasteiger charge is -2.21. The van der Waals surface area contributed by atoms with E-state index in [0.717, 1.165) is 24.1 Å². The number of aromatic nitrogens is 2. The number of fused-ring (bicyclic) bond motifs is 1. The Bertz CT molecular complexity index is 957. The van der Waals surface area contributed by atoms with Gasteiger partial charge >= 0.3 is 5.92 Å². The van der Waals surface area contributed by atoms with Crippen LogP contribution in [0.5, 0.6) is 0 Å². The van der Waals surface area contributed by atoms with Crippen LogP contribution >= 0.6 is 0 Å². The number of halogens is 2. The summed E-state index contributed by atoms with van der Waals surface area (Å²) in [6.45, 7) is -0.0340. The van der Waals surface area contributed by atoms with Gasteiger partial charge in [-0.1, -0.05) is 53.7 Å². The zero-order chi connectivity index (χ0) is 18.9. The standard InChI is InChI=1S/C20H17F2N3O2/c21-20(22,15-9-2-1-3-10-15)19-23-17(27-24-19)13-25-16-11-5-4-7-14(16)8-6-12-18(25)26/h1-5,7,9-11H,6,8,12-13H2. The van der Waals surface area contributed by atoms with Gasteiger partial charge in [-0.3, -0.25) is 4.79 Å². The zero-order valence-electron chi connectivity index (χ0n) is 14.4. The molecule has 1 aromatic heterocycles. The Kier molecular flexibility index (Phi) is 4.43. The fraction of sp³-hybridized carbons (Fsp3) is 0.250. The van der Waals surface area contributed by atoms with E-state index >= 15 is 0 Å². The summed E-state index contributed by atoms with van der Waals surface area (Å²) < 4.78 is 34.2. The summed E-state index contributed by atoms with van der Waals surface area (Å²) >= 11 is 0. The van der Waals surface area contributed by atoms with Gasteiger partial charge in [0.25, 0.3) is 0 Å². The second-order valence-electron chi connectivity index (χ2n) is 6.41. The molecule has 0 aliphatic carbocycles. The lowest BCUT2D eigenvalue weighted by atomic mass is 10.1. The molecule has 2 aromatic carbocycles. The Balaban J connectivity index is 1.62. The average Bonchev–Trinajstić information content (AvgIpc) is 3.11. The van der Waals surface area contributed by atoms with E-state index in [9.17, 15) is 13.6 Å². The molecular weight excluding hydrogens is 352 g/mol. The number of amides is 1. The van der Waals surface area contributed by atoms with Crippen molar-refractivity contribution in [3.8, 4) is 0 Å². The Morgan fingerprint density at radius 1 is 1.04 bits per heavy atom. The van der Waals surface area contributed by atoms with Crippen molar-refractivity contribution in [3.63, 3.8) is 0 Å². The van der Waals surface area contributed by atoms with Gasteiger partial charge < -0.3 is 9.42 Å². The van der Waals surface area contributed by atoms with Crippen LogP contribution < -0.4 is 4.90 Å². The number of para-hydroxylation sites is 1. The molecule has 0 atom stereocenters. The van der Waals surface area contributed by atoms with Crippen LogP contribution in [-0.2, 0) is 23.7 Å². The van der Waals surface area contributed by atoms with Crippen molar-refractivity contribution in [2.24, 2.45) is 0 Å². The number of carbonyl (C=O) groups excluding carboxylic acids is 1. The molecule has 1 amide bonds. The minimum atomic E-state index is -3.37. The molecule has 0 saturated carbocycles. The van der Waals surface area contributed by atoms with Crippen LogP contribution in [0.4, 0.5) is 14.5 Å². The van der Waals surface area contributed by atoms with Crippen LogP contribution in [0.15, 0.2) is 59.1 Å². The van der Waals surface area contributed by atoms with Gasteiger partial charge in [0.1, 0.15) is 6.54 Å². The molecule has 0 N–H and O–H groups in total. The van der Waals surface area contributed by atoms with Gasteiger partial charge in [-0.15, -0.1) is 0 Å². The van der Waals surface area contributed by atoms with E-state index in [1.165, 1.54) is 29.2 Å². The van der Waals surface area contributed by atoms with E-state index in [-0.39, 0.29) is 23.9 Å². The van der Waals surface area contributed by atoms with Gasteiger partial charge in [0.15, 0.2) is 0 Å². The summed E-state index contributed by atoms with van der Waals surface area (Å²) in [7, 11) is 0. The van der Waals surface area contributed by atoms with Crippen molar-refractivity contribution in [2.75, 3.05) is 4.90 Å². The molecule has 138 valence electrons. The molecule has 0 saturated heterocycles. The van der Waals surface area contributed by atoms with Crippen LogP contribution in [-0.4, -0.2) is 16.0 Å². The fourth-order valence-electron chi connectivity index (χ4n) is 3.22. The number of nitrogens with zero attached hydrogens (tertiary/aromatic N) is 3. The Labute approximate surface area is 154 Å². The maximum Gasteiger partial charge on any atom is 0.335 e. The average molecular weight is 369 g/mol. The third-order valence-corrected chi connectivity index (χ3v) is 4.60. The molecule has 0 spiro atoms. The molecule has 0 fully saturated rings. The van der Waals surface area contributed by atoms with Crippen molar-refractivity contribution in [2.45, 2.75) is 31.7 Å². The van der Waals surface area contributed by atoms with Crippen molar-refractivity contribution >= 4 is 11.6 Å². The largest absolute Gasteiger partial charge is 0.337 e. The van der Waals surface area contributed by atoms with E-state index in [0.29, 0.717) is 6.42 Å². The highest BCUT2D eigenvalue weighted by Crippen LogP contribution is 2.34. The number of alkyl halides is 2. The number of hydrogen-bond donors (Lipinski definition) is 0. The van der Waals surface area contributed by atoms with E-state index < -0.39 is 11.7 Å². The van der Waals surface area contributed by atoms with E-state index in [1.54, 1.807) is 6.07 Å². The molecule has 4 rings (SSSR count). The van der Waals surface area contributed by atoms with E-state index in [4.69, 9.17) is 4.52 Å². The topological polar surface area (TPSA) is 59.2 Å². The summed E-state index contributed by atoms with van der Waals surface area (Å²) in [5, 5.41) is 3.46. The fourth-order valence-corrected chi connectivity index (χ4v) is 3.22. The number of carbonyl (C=O) groups is 1. The van der Waals surface area contributed by atoms with Crippen LogP contribution in [0, 0.1) is 0 Å². The zero-order valence-corrected chi connectivity index (χ0v) is 14.4. The lowest BCUT2D eigenvalue weighted by Crippen LogP contribution is -2.29. The lowest BCUT2D eigenvalue weighted by molar-refractivity contribution is -0.118. The Morgan fingerprint density at radius 3 is 2.59 bits per heavy atom. The van der Waals surface area contributed by atoms with Crippen LogP contribution in [0.25, 0.3) is 0 Å². The molecule has 2 heterocycles. The second kappa shape index (κ2) is 6.90. The molecule has 27 heavy (non-hydrogen) atoms. The number of rotatable bonds is 4. The summed E-state index contributed by atoms with van der Waals surface area (Å²) in [6, 6.07) is 14.9. The van der Waals surface area contributed by atoms with Crippen molar-refractivity contribution in [3.05, 3.63) is 77.4 Å². The van der Waals surface area contributed by atoms with Gasteiger partial charge in [-0.2, -0.15) is 13.8 Å². The highest BCUT2D eigenvalue weighted by atomic mass is 19.3. The molecule has 1 aliphatic rings. The highest BCUT2D eigenvalue weighted by Gasteiger charge is 2.39. The quantitative estimate of drug-likeness (QED) is 0.695. The third-order valence-electron chi connectivity index (χ3n) is 4.60. The first-order chi connectivity index (χ1) is 13.1. The Hall–Kier alpha value is -3.09. The molecule has 7 heteroatoms. The monoisotopic (exact) mass is 369 g/mol. The van der Waals surface area contributed by atoms with Crippen molar-refractivity contribution in [1.29, 1.82) is 0 Å². The number of hydrogen-bond acceptors (Lipinski definition) is 4. The highest BCUT2D eigenvalue weighted by molar-refractivity contribution is 5.94. The van der Waals surface area contributed by atoms with Crippen LogP contribution in [0.3, 0.4) is 0 Å². The van der Waals surface area contributed by atoms with Gasteiger partial charge in [-0.25, -0.2) is 0 Å². The maximum atomic E-state index is 14.6. The van der Waals surface area contributed by atoms with E-state index in [2.05, 4.69) is 10.1 Å². The van der Waals surface area contributed by atoms with Crippen LogP contribution in [0.2, 0.25) is 0 Å². The van der Waals surface area contributed by atoms with Gasteiger partial charge in [0, 0.05) is 17.7 Å². The first-order valence-electron chi connectivity index (χ1n) is 8.70. The third kappa shape index (κ3) is 3.32. The summed E-state index contributed by atoms with van der Waals surface area (Å²) in [4.78, 5) is 17.9. The minimum absolute atomic E-state index is 0.0225. The number of anilines is 1.